The average molecular weight is 338 g/mol. The Morgan fingerprint density at radius 1 is 1.08 bits per heavy atom. The van der Waals surface area contributed by atoms with Crippen LogP contribution in [0.1, 0.15) is 71.3 Å². The molecule has 0 aromatic heterocycles. The van der Waals surface area contributed by atoms with E-state index in [0.717, 1.165) is 6.42 Å². The van der Waals surface area contributed by atoms with Gasteiger partial charge in [0.05, 0.1) is 0 Å². The van der Waals surface area contributed by atoms with Gasteiger partial charge < -0.3 is 4.74 Å². The molecule has 1 aromatic rings. The predicted octanol–water partition coefficient (Wildman–Crippen LogP) is 5.64. The first-order chi connectivity index (χ1) is 11.8. The fraction of sp³-hybridized carbons (Fsp3) is 0.609. The zero-order chi connectivity index (χ0) is 17.8. The molecule has 2 aliphatic carbocycles. The molecule has 2 fully saturated rings. The topological polar surface area (TPSA) is 26.3 Å². The lowest BCUT2D eigenvalue weighted by Crippen LogP contribution is -2.44. The Morgan fingerprint density at radius 3 is 2.52 bits per heavy atom. The molecule has 1 saturated heterocycles. The van der Waals surface area contributed by atoms with Gasteiger partial charge in [0, 0.05) is 12.3 Å². The van der Waals surface area contributed by atoms with E-state index in [9.17, 15) is 4.79 Å². The molecule has 134 valence electrons. The van der Waals surface area contributed by atoms with Crippen molar-refractivity contribution >= 4 is 5.97 Å². The summed E-state index contributed by atoms with van der Waals surface area (Å²) in [7, 11) is 0. The van der Waals surface area contributed by atoms with Crippen LogP contribution in [-0.4, -0.2) is 12.1 Å². The highest BCUT2D eigenvalue weighted by Crippen LogP contribution is 2.61. The van der Waals surface area contributed by atoms with Crippen molar-refractivity contribution in [3.63, 3.8) is 0 Å². The van der Waals surface area contributed by atoms with Crippen molar-refractivity contribution < 1.29 is 9.53 Å². The van der Waals surface area contributed by atoms with E-state index in [2.05, 4.69) is 58.0 Å². The third-order valence-electron chi connectivity index (χ3n) is 7.41. The van der Waals surface area contributed by atoms with Crippen LogP contribution in [0.4, 0.5) is 0 Å². The smallest absolute Gasteiger partial charge is 0.306 e. The molecule has 0 N–H and O–H groups in total. The van der Waals surface area contributed by atoms with E-state index in [-0.39, 0.29) is 22.9 Å². The molecule has 0 bridgehead atoms. The fourth-order valence-electron chi connectivity index (χ4n) is 6.27. The Labute approximate surface area is 151 Å². The molecule has 4 rings (SSSR count). The van der Waals surface area contributed by atoms with Crippen LogP contribution >= 0.6 is 0 Å². The number of ether oxygens (including phenoxy) is 1. The number of allylic oxidation sites excluding steroid dienone is 1. The van der Waals surface area contributed by atoms with E-state index in [1.54, 1.807) is 0 Å². The minimum absolute atomic E-state index is 0.00714. The van der Waals surface area contributed by atoms with Gasteiger partial charge in [0.2, 0.25) is 0 Å². The molecule has 0 radical (unpaired) electrons. The number of hydrogen-bond donors (Lipinski definition) is 0. The highest BCUT2D eigenvalue weighted by molar-refractivity contribution is 5.72. The quantitative estimate of drug-likeness (QED) is 0.489. The number of fused-ring (bicyclic) bond motifs is 3. The maximum atomic E-state index is 12.6. The number of carbonyl (C=O) groups excluding carboxylic acids is 1. The van der Waals surface area contributed by atoms with E-state index in [0.29, 0.717) is 18.3 Å². The fourth-order valence-corrected chi connectivity index (χ4v) is 6.27. The van der Waals surface area contributed by atoms with E-state index in [1.807, 2.05) is 0 Å². The van der Waals surface area contributed by atoms with Crippen LogP contribution in [0.2, 0.25) is 0 Å². The number of benzene rings is 1. The van der Waals surface area contributed by atoms with Gasteiger partial charge in [0.25, 0.3) is 0 Å². The zero-order valence-corrected chi connectivity index (χ0v) is 16.0. The van der Waals surface area contributed by atoms with Gasteiger partial charge in [0.1, 0.15) is 6.10 Å². The molecule has 25 heavy (non-hydrogen) atoms. The molecule has 1 aromatic carbocycles. The molecule has 2 heteroatoms. The average Bonchev–Trinajstić information content (AvgIpc) is 2.82. The van der Waals surface area contributed by atoms with Gasteiger partial charge in [-0.2, -0.15) is 0 Å². The predicted molar refractivity (Wildman–Crippen MR) is 100 cm³/mol. The first-order valence-corrected chi connectivity index (χ1v) is 9.78. The van der Waals surface area contributed by atoms with Crippen LogP contribution in [0.5, 0.6) is 0 Å². The second kappa shape index (κ2) is 5.72. The number of esters is 1. The monoisotopic (exact) mass is 338 g/mol. The number of rotatable bonds is 1. The Bertz CT molecular complexity index is 715. The van der Waals surface area contributed by atoms with Gasteiger partial charge in [-0.3, -0.25) is 4.79 Å². The van der Waals surface area contributed by atoms with E-state index < -0.39 is 0 Å². The van der Waals surface area contributed by atoms with Gasteiger partial charge in [-0.05, 0) is 54.1 Å². The van der Waals surface area contributed by atoms with Gasteiger partial charge in [0.15, 0.2) is 0 Å². The number of carbonyl (C=O) groups is 1. The lowest BCUT2D eigenvalue weighted by atomic mass is 9.53. The first kappa shape index (κ1) is 16.9. The van der Waals surface area contributed by atoms with Crippen LogP contribution in [0.15, 0.2) is 41.5 Å². The lowest BCUT2D eigenvalue weighted by molar-refractivity contribution is -0.148. The number of hydrogen-bond acceptors (Lipinski definition) is 2. The highest BCUT2D eigenvalue weighted by atomic mass is 16.5. The minimum Gasteiger partial charge on any atom is -0.458 e. The van der Waals surface area contributed by atoms with Crippen molar-refractivity contribution in [2.75, 3.05) is 0 Å². The minimum atomic E-state index is -0.0263. The summed E-state index contributed by atoms with van der Waals surface area (Å²) in [5.74, 6) is 0.771. The summed E-state index contributed by atoms with van der Waals surface area (Å²) in [5, 5.41) is 0. The van der Waals surface area contributed by atoms with E-state index >= 15 is 0 Å². The molecule has 3 aliphatic rings. The van der Waals surface area contributed by atoms with Crippen LogP contribution in [-0.2, 0) is 9.53 Å². The molecular weight excluding hydrogens is 308 g/mol. The lowest BCUT2D eigenvalue weighted by Gasteiger charge is -2.51. The van der Waals surface area contributed by atoms with E-state index in [1.165, 1.54) is 36.0 Å². The molecule has 4 atom stereocenters. The third kappa shape index (κ3) is 2.56. The van der Waals surface area contributed by atoms with E-state index in [4.69, 9.17) is 4.74 Å². The normalized spacial score (nSPS) is 37.1. The maximum absolute atomic E-state index is 12.6. The second-order valence-electron chi connectivity index (χ2n) is 9.29. The molecule has 1 heterocycles. The summed E-state index contributed by atoms with van der Waals surface area (Å²) in [4.78, 5) is 12.6. The maximum Gasteiger partial charge on any atom is 0.306 e. The van der Waals surface area contributed by atoms with Crippen LogP contribution in [0, 0.1) is 16.7 Å². The summed E-state index contributed by atoms with van der Waals surface area (Å²) < 4.78 is 6.01. The summed E-state index contributed by atoms with van der Waals surface area (Å²) in [6, 6.07) is 10.7. The Balaban J connectivity index is 1.83. The third-order valence-corrected chi connectivity index (χ3v) is 7.41. The molecule has 1 aliphatic heterocycles. The molecule has 1 saturated carbocycles. The summed E-state index contributed by atoms with van der Waals surface area (Å²) in [6.07, 6.45) is 5.10. The second-order valence-corrected chi connectivity index (χ2v) is 9.29. The Morgan fingerprint density at radius 2 is 1.80 bits per heavy atom. The Kier molecular flexibility index (Phi) is 3.86. The van der Waals surface area contributed by atoms with Crippen LogP contribution in [0.25, 0.3) is 0 Å². The highest BCUT2D eigenvalue weighted by Gasteiger charge is 2.55. The largest absolute Gasteiger partial charge is 0.458 e. The van der Waals surface area contributed by atoms with Gasteiger partial charge in [-0.15, -0.1) is 0 Å². The molecule has 0 spiro atoms. The first-order valence-electron chi connectivity index (χ1n) is 9.78. The van der Waals surface area contributed by atoms with Crippen molar-refractivity contribution in [2.24, 2.45) is 16.7 Å². The summed E-state index contributed by atoms with van der Waals surface area (Å²) in [5.41, 5.74) is 4.54. The molecule has 0 amide bonds. The van der Waals surface area contributed by atoms with Crippen molar-refractivity contribution in [1.29, 1.82) is 0 Å². The SMILES string of the molecule is CC1=C2[C@@H](C[C@@H]1c1ccccc1)OC(=O)C[C@H]1C(C)(C)CCC[C@]21C. The summed E-state index contributed by atoms with van der Waals surface area (Å²) in [6.45, 7) is 9.40. The van der Waals surface area contributed by atoms with Gasteiger partial charge >= 0.3 is 5.97 Å². The summed E-state index contributed by atoms with van der Waals surface area (Å²) >= 11 is 0. The molecule has 0 unspecified atom stereocenters. The van der Waals surface area contributed by atoms with Crippen LogP contribution in [0.3, 0.4) is 0 Å². The van der Waals surface area contributed by atoms with Gasteiger partial charge in [-0.25, -0.2) is 0 Å². The Hall–Kier alpha value is -1.57. The standard InChI is InChI=1S/C23H30O2/c1-15-17(16-9-6-5-7-10-16)13-18-21(15)23(4)12-8-11-22(2,3)19(23)14-20(24)25-18/h5-7,9-10,17-19H,8,11-14H2,1-4H3/t17-,18+,19-,23-/m0/s1. The van der Waals surface area contributed by atoms with Crippen LogP contribution < -0.4 is 0 Å². The van der Waals surface area contributed by atoms with Crippen molar-refractivity contribution in [1.82, 2.24) is 0 Å². The van der Waals surface area contributed by atoms with Crippen molar-refractivity contribution in [2.45, 2.75) is 71.8 Å². The molecule has 2 nitrogen and oxygen atoms in total. The van der Waals surface area contributed by atoms with Gasteiger partial charge in [-0.1, -0.05) is 63.1 Å². The van der Waals surface area contributed by atoms with Crippen molar-refractivity contribution in [3.8, 4) is 0 Å². The zero-order valence-electron chi connectivity index (χ0n) is 16.0. The molecular formula is C23H30O2. The van der Waals surface area contributed by atoms with Crippen molar-refractivity contribution in [3.05, 3.63) is 47.0 Å².